The van der Waals surface area contributed by atoms with Crippen molar-refractivity contribution in [3.05, 3.63) is 30.3 Å². The van der Waals surface area contributed by atoms with E-state index in [1.807, 2.05) is 0 Å². The molecular weight excluding hydrogens is 475 g/mol. The standard InChI is InChI=1S/C23H34N4O.HI/c1-2-24-22(26-20-19-11-15-28-21(19)23(20)12-7-13-23)25-17-8-6-14-27(16-17)18-9-4-3-5-10-18;/h3-5,9-10,17,19-21H,2,6-8,11-16H2,1H3,(H2,24,25,26);1H. The Hall–Kier alpha value is -1.02. The van der Waals surface area contributed by atoms with Crippen molar-refractivity contribution in [2.45, 2.75) is 63.6 Å². The molecular formula is C23H35IN4O. The normalized spacial score (nSPS) is 32.6. The molecule has 2 aliphatic heterocycles. The fourth-order valence-corrected chi connectivity index (χ4v) is 6.06. The monoisotopic (exact) mass is 510 g/mol. The Morgan fingerprint density at radius 1 is 1.17 bits per heavy atom. The molecule has 2 aliphatic carbocycles. The topological polar surface area (TPSA) is 48.9 Å². The number of hydrogen-bond donors (Lipinski definition) is 2. The molecule has 5 nitrogen and oxygen atoms in total. The number of fused-ring (bicyclic) bond motifs is 2. The van der Waals surface area contributed by atoms with Gasteiger partial charge in [-0.3, -0.25) is 4.99 Å². The molecule has 5 rings (SSSR count). The number of benzene rings is 1. The number of piperidine rings is 1. The fraction of sp³-hybridized carbons (Fsp3) is 0.696. The first kappa shape index (κ1) is 21.2. The van der Waals surface area contributed by atoms with Crippen molar-refractivity contribution in [2.75, 3.05) is 31.1 Å². The molecule has 160 valence electrons. The number of rotatable bonds is 4. The van der Waals surface area contributed by atoms with Gasteiger partial charge in [0, 0.05) is 55.3 Å². The minimum absolute atomic E-state index is 0. The van der Waals surface area contributed by atoms with Gasteiger partial charge >= 0.3 is 0 Å². The average molecular weight is 510 g/mol. The quantitative estimate of drug-likeness (QED) is 0.368. The average Bonchev–Trinajstić information content (AvgIpc) is 3.11. The lowest BCUT2D eigenvalue weighted by atomic mass is 9.46. The lowest BCUT2D eigenvalue weighted by Gasteiger charge is -2.63. The summed E-state index contributed by atoms with van der Waals surface area (Å²) in [6.07, 6.45) is 8.12. The molecule has 29 heavy (non-hydrogen) atoms. The van der Waals surface area contributed by atoms with E-state index in [0.29, 0.717) is 29.5 Å². The van der Waals surface area contributed by atoms with E-state index >= 15 is 0 Å². The van der Waals surface area contributed by atoms with Gasteiger partial charge in [0.05, 0.1) is 6.10 Å². The van der Waals surface area contributed by atoms with Gasteiger partial charge in [-0.2, -0.15) is 0 Å². The summed E-state index contributed by atoms with van der Waals surface area (Å²) in [6, 6.07) is 11.8. The first-order chi connectivity index (χ1) is 13.8. The van der Waals surface area contributed by atoms with Crippen LogP contribution in [0, 0.1) is 11.3 Å². The Morgan fingerprint density at radius 3 is 2.72 bits per heavy atom. The van der Waals surface area contributed by atoms with Crippen LogP contribution in [0.25, 0.3) is 0 Å². The van der Waals surface area contributed by atoms with Crippen LogP contribution in [0.15, 0.2) is 35.3 Å². The molecule has 1 spiro atoms. The van der Waals surface area contributed by atoms with Crippen molar-refractivity contribution in [3.8, 4) is 0 Å². The third-order valence-electron chi connectivity index (χ3n) is 7.53. The Labute approximate surface area is 192 Å². The minimum Gasteiger partial charge on any atom is -0.377 e. The van der Waals surface area contributed by atoms with Crippen molar-refractivity contribution in [3.63, 3.8) is 0 Å². The molecule has 4 fully saturated rings. The summed E-state index contributed by atoms with van der Waals surface area (Å²) >= 11 is 0. The fourth-order valence-electron chi connectivity index (χ4n) is 6.06. The number of nitrogens with one attached hydrogen (secondary N) is 2. The highest BCUT2D eigenvalue weighted by Gasteiger charge is 2.66. The zero-order valence-electron chi connectivity index (χ0n) is 17.5. The SMILES string of the molecule is CCN=C(NC1CCCN(c2ccccc2)C1)NC1C2CCOC2C12CCC2.I. The van der Waals surface area contributed by atoms with Crippen LogP contribution in [0.5, 0.6) is 0 Å². The van der Waals surface area contributed by atoms with Crippen molar-refractivity contribution in [1.29, 1.82) is 0 Å². The third kappa shape index (κ3) is 3.87. The van der Waals surface area contributed by atoms with Crippen LogP contribution >= 0.6 is 24.0 Å². The van der Waals surface area contributed by atoms with E-state index in [0.717, 1.165) is 32.2 Å². The second-order valence-corrected chi connectivity index (χ2v) is 9.04. The van der Waals surface area contributed by atoms with Crippen LogP contribution in [0.3, 0.4) is 0 Å². The number of ether oxygens (including phenoxy) is 1. The predicted molar refractivity (Wildman–Crippen MR) is 129 cm³/mol. The van der Waals surface area contributed by atoms with E-state index < -0.39 is 0 Å². The second-order valence-electron chi connectivity index (χ2n) is 9.04. The maximum Gasteiger partial charge on any atom is 0.191 e. The molecule has 2 saturated heterocycles. The maximum atomic E-state index is 6.09. The molecule has 4 atom stereocenters. The van der Waals surface area contributed by atoms with Gasteiger partial charge in [-0.1, -0.05) is 24.6 Å². The second kappa shape index (κ2) is 9.00. The highest BCUT2D eigenvalue weighted by Crippen LogP contribution is 2.62. The summed E-state index contributed by atoms with van der Waals surface area (Å²) < 4.78 is 6.09. The molecule has 1 aromatic carbocycles. The zero-order chi connectivity index (χ0) is 19.0. The molecule has 0 aromatic heterocycles. The van der Waals surface area contributed by atoms with E-state index in [2.05, 4.69) is 52.8 Å². The lowest BCUT2D eigenvalue weighted by molar-refractivity contribution is -0.171. The highest BCUT2D eigenvalue weighted by molar-refractivity contribution is 14.0. The van der Waals surface area contributed by atoms with Gasteiger partial charge in [0.2, 0.25) is 0 Å². The number of guanidine groups is 1. The summed E-state index contributed by atoms with van der Waals surface area (Å²) in [5.74, 6) is 1.69. The smallest absolute Gasteiger partial charge is 0.191 e. The number of anilines is 1. The Kier molecular flexibility index (Phi) is 6.59. The van der Waals surface area contributed by atoms with Gasteiger partial charge in [0.25, 0.3) is 0 Å². The van der Waals surface area contributed by atoms with Crippen molar-refractivity contribution < 1.29 is 4.74 Å². The van der Waals surface area contributed by atoms with Crippen LogP contribution in [0.2, 0.25) is 0 Å². The van der Waals surface area contributed by atoms with Crippen molar-refractivity contribution >= 4 is 35.6 Å². The number of hydrogen-bond acceptors (Lipinski definition) is 3. The first-order valence-corrected chi connectivity index (χ1v) is 11.3. The molecule has 0 bridgehead atoms. The summed E-state index contributed by atoms with van der Waals surface area (Å²) in [7, 11) is 0. The van der Waals surface area contributed by atoms with Crippen LogP contribution in [-0.4, -0.2) is 50.4 Å². The van der Waals surface area contributed by atoms with E-state index in [4.69, 9.17) is 9.73 Å². The minimum atomic E-state index is 0. The van der Waals surface area contributed by atoms with Crippen LogP contribution in [-0.2, 0) is 4.74 Å². The molecule has 2 heterocycles. The van der Waals surface area contributed by atoms with E-state index in [-0.39, 0.29) is 24.0 Å². The first-order valence-electron chi connectivity index (χ1n) is 11.3. The molecule has 6 heteroatoms. The molecule has 0 radical (unpaired) electrons. The molecule has 1 aromatic rings. The zero-order valence-corrected chi connectivity index (χ0v) is 19.8. The Morgan fingerprint density at radius 2 is 2.00 bits per heavy atom. The van der Waals surface area contributed by atoms with Crippen molar-refractivity contribution in [1.82, 2.24) is 10.6 Å². The molecule has 0 amide bonds. The molecule has 2 N–H and O–H groups in total. The Bertz CT molecular complexity index is 708. The summed E-state index contributed by atoms with van der Waals surface area (Å²) in [5.41, 5.74) is 1.72. The predicted octanol–water partition coefficient (Wildman–Crippen LogP) is 3.79. The summed E-state index contributed by atoms with van der Waals surface area (Å²) in [6.45, 7) is 6.07. The number of nitrogens with zero attached hydrogens (tertiary/aromatic N) is 2. The van der Waals surface area contributed by atoms with Crippen molar-refractivity contribution in [2.24, 2.45) is 16.3 Å². The van der Waals surface area contributed by atoms with Crippen LogP contribution < -0.4 is 15.5 Å². The maximum absolute atomic E-state index is 6.09. The molecule has 2 saturated carbocycles. The van der Waals surface area contributed by atoms with Crippen LogP contribution in [0.1, 0.15) is 45.4 Å². The van der Waals surface area contributed by atoms with Gasteiger partial charge in [0.1, 0.15) is 0 Å². The molecule has 4 unspecified atom stereocenters. The van der Waals surface area contributed by atoms with Gasteiger partial charge < -0.3 is 20.3 Å². The summed E-state index contributed by atoms with van der Waals surface area (Å²) in [5, 5.41) is 7.64. The van der Waals surface area contributed by atoms with E-state index in [1.54, 1.807) is 0 Å². The van der Waals surface area contributed by atoms with E-state index in [1.165, 1.54) is 44.2 Å². The number of aliphatic imine (C=N–C) groups is 1. The summed E-state index contributed by atoms with van der Waals surface area (Å²) in [4.78, 5) is 7.31. The Balaban J connectivity index is 0.00000205. The van der Waals surface area contributed by atoms with Gasteiger partial charge in [-0.25, -0.2) is 0 Å². The third-order valence-corrected chi connectivity index (χ3v) is 7.53. The largest absolute Gasteiger partial charge is 0.377 e. The number of para-hydroxylation sites is 1. The van der Waals surface area contributed by atoms with Gasteiger partial charge in [-0.05, 0) is 51.2 Å². The number of halogens is 1. The van der Waals surface area contributed by atoms with Gasteiger partial charge in [-0.15, -0.1) is 24.0 Å². The molecule has 4 aliphatic rings. The highest BCUT2D eigenvalue weighted by atomic mass is 127. The lowest BCUT2D eigenvalue weighted by Crippen LogP contribution is -2.73. The van der Waals surface area contributed by atoms with Gasteiger partial charge in [0.15, 0.2) is 5.96 Å². The van der Waals surface area contributed by atoms with E-state index in [9.17, 15) is 0 Å². The van der Waals surface area contributed by atoms with Crippen LogP contribution in [0.4, 0.5) is 5.69 Å².